The molecule has 0 fully saturated rings. The van der Waals surface area contributed by atoms with Crippen LogP contribution in [-0.2, 0) is 16.6 Å². The Morgan fingerprint density at radius 2 is 1.95 bits per heavy atom. The molecule has 20 heavy (non-hydrogen) atoms. The fraction of sp³-hybridized carbons (Fsp3) is 0.714. The summed E-state index contributed by atoms with van der Waals surface area (Å²) in [5.74, 6) is 0.590. The van der Waals surface area contributed by atoms with Gasteiger partial charge in [-0.05, 0) is 43.7 Å². The summed E-state index contributed by atoms with van der Waals surface area (Å²) in [5, 5.41) is 5.01. The van der Waals surface area contributed by atoms with Gasteiger partial charge in [-0.25, -0.2) is 13.1 Å². The third-order valence-corrected chi connectivity index (χ3v) is 5.79. The van der Waals surface area contributed by atoms with Crippen LogP contribution < -0.4 is 10.0 Å². The molecule has 1 rings (SSSR count). The van der Waals surface area contributed by atoms with Gasteiger partial charge >= 0.3 is 0 Å². The van der Waals surface area contributed by atoms with Crippen molar-refractivity contribution in [1.82, 2.24) is 10.0 Å². The molecule has 0 bridgehead atoms. The minimum absolute atomic E-state index is 0.0331. The second-order valence-corrected chi connectivity index (χ2v) is 8.16. The number of thiophene rings is 1. The van der Waals surface area contributed by atoms with Gasteiger partial charge in [0.15, 0.2) is 0 Å². The van der Waals surface area contributed by atoms with Crippen LogP contribution in [0.15, 0.2) is 16.3 Å². The zero-order valence-corrected chi connectivity index (χ0v) is 14.4. The number of sulfonamides is 1. The normalized spacial score (nSPS) is 13.8. The van der Waals surface area contributed by atoms with Crippen LogP contribution in [0.1, 0.15) is 45.4 Å². The van der Waals surface area contributed by atoms with E-state index >= 15 is 0 Å². The maximum Gasteiger partial charge on any atom is 0.241 e. The standard InChI is InChI=1S/C14H26N2O2S2/c1-5-15-10-13-14(8-9-19-13)20(17,18)16-12(4)7-6-11(2)3/h8-9,11-12,15-16H,5-7,10H2,1-4H3. The van der Waals surface area contributed by atoms with Crippen LogP contribution in [0.2, 0.25) is 0 Å². The lowest BCUT2D eigenvalue weighted by molar-refractivity contribution is 0.485. The largest absolute Gasteiger partial charge is 0.312 e. The van der Waals surface area contributed by atoms with Crippen LogP contribution in [0.25, 0.3) is 0 Å². The highest BCUT2D eigenvalue weighted by molar-refractivity contribution is 7.89. The Kier molecular flexibility index (Phi) is 7.15. The molecule has 0 amide bonds. The first-order valence-corrected chi connectivity index (χ1v) is 9.52. The highest BCUT2D eigenvalue weighted by Crippen LogP contribution is 2.22. The fourth-order valence-electron chi connectivity index (χ4n) is 1.91. The third kappa shape index (κ3) is 5.52. The Morgan fingerprint density at radius 3 is 2.55 bits per heavy atom. The molecule has 1 aromatic heterocycles. The molecule has 6 heteroatoms. The lowest BCUT2D eigenvalue weighted by Gasteiger charge is -2.15. The number of hydrogen-bond donors (Lipinski definition) is 2. The lowest BCUT2D eigenvalue weighted by Crippen LogP contribution is -2.33. The predicted octanol–water partition coefficient (Wildman–Crippen LogP) is 2.96. The number of hydrogen-bond acceptors (Lipinski definition) is 4. The fourth-order valence-corrected chi connectivity index (χ4v) is 4.60. The van der Waals surface area contributed by atoms with Gasteiger partial charge in [0.05, 0.1) is 4.90 Å². The molecule has 1 aromatic rings. The van der Waals surface area contributed by atoms with E-state index < -0.39 is 10.0 Å². The highest BCUT2D eigenvalue weighted by Gasteiger charge is 2.21. The van der Waals surface area contributed by atoms with Gasteiger partial charge in [0.1, 0.15) is 0 Å². The SMILES string of the molecule is CCNCc1sccc1S(=O)(=O)NC(C)CCC(C)C. The van der Waals surface area contributed by atoms with Crippen LogP contribution in [0, 0.1) is 5.92 Å². The van der Waals surface area contributed by atoms with Crippen molar-refractivity contribution in [1.29, 1.82) is 0 Å². The molecule has 2 N–H and O–H groups in total. The molecule has 0 saturated carbocycles. The molecule has 1 unspecified atom stereocenters. The minimum Gasteiger partial charge on any atom is -0.312 e. The molecule has 0 aliphatic heterocycles. The molecule has 0 aliphatic rings. The quantitative estimate of drug-likeness (QED) is 0.736. The summed E-state index contributed by atoms with van der Waals surface area (Å²) in [6.07, 6.45) is 1.89. The van der Waals surface area contributed by atoms with Crippen molar-refractivity contribution >= 4 is 21.4 Å². The van der Waals surface area contributed by atoms with E-state index in [4.69, 9.17) is 0 Å². The second kappa shape index (κ2) is 8.12. The monoisotopic (exact) mass is 318 g/mol. The highest BCUT2D eigenvalue weighted by atomic mass is 32.2. The van der Waals surface area contributed by atoms with Gasteiger partial charge < -0.3 is 5.32 Å². The van der Waals surface area contributed by atoms with Gasteiger partial charge in [0, 0.05) is 17.5 Å². The van der Waals surface area contributed by atoms with Crippen molar-refractivity contribution in [2.24, 2.45) is 5.92 Å². The van der Waals surface area contributed by atoms with Crippen molar-refractivity contribution in [3.63, 3.8) is 0 Å². The van der Waals surface area contributed by atoms with E-state index in [9.17, 15) is 8.42 Å². The van der Waals surface area contributed by atoms with Crippen molar-refractivity contribution in [2.45, 2.75) is 58.0 Å². The van der Waals surface area contributed by atoms with Gasteiger partial charge in [-0.15, -0.1) is 11.3 Å². The Hall–Kier alpha value is -0.430. The Bertz CT molecular complexity index is 495. The molecular weight excluding hydrogens is 292 g/mol. The molecule has 0 aromatic carbocycles. The summed E-state index contributed by atoms with van der Waals surface area (Å²) in [6.45, 7) is 9.66. The minimum atomic E-state index is -3.40. The maximum absolute atomic E-state index is 12.4. The number of rotatable bonds is 9. The summed E-state index contributed by atoms with van der Waals surface area (Å²) in [6, 6.07) is 1.66. The predicted molar refractivity (Wildman–Crippen MR) is 85.6 cm³/mol. The summed E-state index contributed by atoms with van der Waals surface area (Å²) in [5.41, 5.74) is 0. The van der Waals surface area contributed by atoms with Crippen LogP contribution >= 0.6 is 11.3 Å². The number of nitrogens with one attached hydrogen (secondary N) is 2. The molecule has 116 valence electrons. The Morgan fingerprint density at radius 1 is 1.25 bits per heavy atom. The van der Waals surface area contributed by atoms with Crippen LogP contribution in [0.4, 0.5) is 0 Å². The van der Waals surface area contributed by atoms with E-state index in [1.165, 1.54) is 11.3 Å². The van der Waals surface area contributed by atoms with Crippen LogP contribution in [0.3, 0.4) is 0 Å². The van der Waals surface area contributed by atoms with Crippen molar-refractivity contribution in [3.05, 3.63) is 16.3 Å². The first-order valence-electron chi connectivity index (χ1n) is 7.16. The zero-order valence-electron chi connectivity index (χ0n) is 12.8. The third-order valence-electron chi connectivity index (χ3n) is 3.06. The van der Waals surface area contributed by atoms with Gasteiger partial charge in [-0.1, -0.05) is 20.8 Å². The molecule has 4 nitrogen and oxygen atoms in total. The smallest absolute Gasteiger partial charge is 0.241 e. The van der Waals surface area contributed by atoms with Crippen LogP contribution in [0.5, 0.6) is 0 Å². The average molecular weight is 319 g/mol. The zero-order chi connectivity index (χ0) is 15.2. The van der Waals surface area contributed by atoms with Gasteiger partial charge in [-0.3, -0.25) is 0 Å². The van der Waals surface area contributed by atoms with Crippen molar-refractivity contribution < 1.29 is 8.42 Å². The summed E-state index contributed by atoms with van der Waals surface area (Å²) < 4.78 is 27.6. The van der Waals surface area contributed by atoms with Crippen molar-refractivity contribution in [3.8, 4) is 0 Å². The molecule has 0 saturated heterocycles. The first-order chi connectivity index (χ1) is 9.36. The summed E-state index contributed by atoms with van der Waals surface area (Å²) in [4.78, 5) is 1.29. The molecule has 0 radical (unpaired) electrons. The molecule has 0 spiro atoms. The van der Waals surface area contributed by atoms with Gasteiger partial charge in [0.25, 0.3) is 0 Å². The average Bonchev–Trinajstić information content (AvgIpc) is 2.82. The maximum atomic E-state index is 12.4. The topological polar surface area (TPSA) is 58.2 Å². The molecule has 1 heterocycles. The Balaban J connectivity index is 2.71. The van der Waals surface area contributed by atoms with E-state index in [1.54, 1.807) is 6.07 Å². The van der Waals surface area contributed by atoms with Crippen LogP contribution in [-0.4, -0.2) is 21.0 Å². The van der Waals surface area contributed by atoms with Gasteiger partial charge in [0.2, 0.25) is 10.0 Å². The van der Waals surface area contributed by atoms with E-state index in [0.717, 1.165) is 24.3 Å². The lowest BCUT2D eigenvalue weighted by atomic mass is 10.1. The van der Waals surface area contributed by atoms with E-state index in [0.29, 0.717) is 17.4 Å². The first kappa shape index (κ1) is 17.6. The molecule has 1 atom stereocenters. The summed E-state index contributed by atoms with van der Waals surface area (Å²) in [7, 11) is -3.40. The van der Waals surface area contributed by atoms with Crippen molar-refractivity contribution in [2.75, 3.05) is 6.54 Å². The molecule has 0 aliphatic carbocycles. The second-order valence-electron chi connectivity index (χ2n) is 5.48. The van der Waals surface area contributed by atoms with Gasteiger partial charge in [-0.2, -0.15) is 0 Å². The van der Waals surface area contributed by atoms with E-state index in [-0.39, 0.29) is 6.04 Å². The van der Waals surface area contributed by atoms with E-state index in [2.05, 4.69) is 23.9 Å². The Labute approximate surface area is 127 Å². The van der Waals surface area contributed by atoms with E-state index in [1.807, 2.05) is 19.2 Å². The summed E-state index contributed by atoms with van der Waals surface area (Å²) >= 11 is 1.48. The molecular formula is C14H26N2O2S2.